The number of amides is 2. The van der Waals surface area contributed by atoms with Gasteiger partial charge in [-0.15, -0.1) is 0 Å². The Balaban J connectivity index is 2.07. The van der Waals surface area contributed by atoms with Gasteiger partial charge in [0.05, 0.1) is 4.91 Å². The van der Waals surface area contributed by atoms with Crippen molar-refractivity contribution in [3.63, 3.8) is 0 Å². The highest BCUT2D eigenvalue weighted by molar-refractivity contribution is 8.18. The SMILES string of the molecule is COCCCN1C(=O)S/C(=C/c2ccccc2)C1=O. The van der Waals surface area contributed by atoms with Crippen molar-refractivity contribution < 1.29 is 14.3 Å². The van der Waals surface area contributed by atoms with Crippen LogP contribution in [0.4, 0.5) is 4.79 Å². The molecule has 2 rings (SSSR count). The highest BCUT2D eigenvalue weighted by Gasteiger charge is 2.34. The second-order valence-corrected chi connectivity index (χ2v) is 5.08. The fourth-order valence-electron chi connectivity index (χ4n) is 1.76. The number of methoxy groups -OCH3 is 1. The molecular formula is C14H15NO3S. The molecule has 0 N–H and O–H groups in total. The molecule has 5 heteroatoms. The van der Waals surface area contributed by atoms with E-state index in [9.17, 15) is 9.59 Å². The molecule has 2 amide bonds. The van der Waals surface area contributed by atoms with E-state index in [1.165, 1.54) is 4.90 Å². The third-order valence-electron chi connectivity index (χ3n) is 2.70. The Morgan fingerprint density at radius 1 is 1.26 bits per heavy atom. The second kappa shape index (κ2) is 6.54. The number of carbonyl (C=O) groups is 2. The standard InChI is InChI=1S/C14H15NO3S/c1-18-9-5-8-15-13(16)12(19-14(15)17)10-11-6-3-2-4-7-11/h2-4,6-7,10H,5,8-9H2,1H3/b12-10+. The van der Waals surface area contributed by atoms with E-state index in [1.807, 2.05) is 30.3 Å². The molecule has 0 radical (unpaired) electrons. The Morgan fingerprint density at radius 3 is 2.68 bits per heavy atom. The Bertz CT molecular complexity index is 499. The molecule has 0 atom stereocenters. The summed E-state index contributed by atoms with van der Waals surface area (Å²) in [5.41, 5.74) is 0.921. The van der Waals surface area contributed by atoms with Gasteiger partial charge in [0, 0.05) is 20.3 Å². The maximum atomic E-state index is 12.1. The first-order valence-electron chi connectivity index (χ1n) is 6.01. The quantitative estimate of drug-likeness (QED) is 0.613. The maximum Gasteiger partial charge on any atom is 0.293 e. The summed E-state index contributed by atoms with van der Waals surface area (Å²) in [5, 5.41) is -0.205. The Labute approximate surface area is 116 Å². The number of carbonyl (C=O) groups excluding carboxylic acids is 2. The molecule has 1 fully saturated rings. The van der Waals surface area contributed by atoms with Crippen molar-refractivity contribution in [3.05, 3.63) is 40.8 Å². The lowest BCUT2D eigenvalue weighted by atomic mass is 10.2. The summed E-state index contributed by atoms with van der Waals surface area (Å²) in [4.78, 5) is 25.6. The lowest BCUT2D eigenvalue weighted by Crippen LogP contribution is -2.29. The van der Waals surface area contributed by atoms with Gasteiger partial charge in [0.2, 0.25) is 0 Å². The molecule has 0 aromatic heterocycles. The van der Waals surface area contributed by atoms with E-state index in [0.29, 0.717) is 24.5 Å². The predicted molar refractivity (Wildman–Crippen MR) is 75.6 cm³/mol. The van der Waals surface area contributed by atoms with Crippen molar-refractivity contribution in [3.8, 4) is 0 Å². The van der Waals surface area contributed by atoms with Gasteiger partial charge in [-0.3, -0.25) is 14.5 Å². The van der Waals surface area contributed by atoms with E-state index in [2.05, 4.69) is 0 Å². The Morgan fingerprint density at radius 2 is 2.00 bits per heavy atom. The van der Waals surface area contributed by atoms with Crippen molar-refractivity contribution in [1.29, 1.82) is 0 Å². The third-order valence-corrected chi connectivity index (χ3v) is 3.61. The highest BCUT2D eigenvalue weighted by Crippen LogP contribution is 2.32. The average Bonchev–Trinajstić information content (AvgIpc) is 2.68. The van der Waals surface area contributed by atoms with Gasteiger partial charge in [0.1, 0.15) is 0 Å². The highest BCUT2D eigenvalue weighted by atomic mass is 32.2. The van der Waals surface area contributed by atoms with E-state index >= 15 is 0 Å². The third kappa shape index (κ3) is 3.45. The topological polar surface area (TPSA) is 46.6 Å². The molecular weight excluding hydrogens is 262 g/mol. The molecule has 1 aliphatic rings. The molecule has 0 aliphatic carbocycles. The maximum absolute atomic E-state index is 12.1. The number of nitrogens with zero attached hydrogens (tertiary/aromatic N) is 1. The molecule has 0 bridgehead atoms. The first-order chi connectivity index (χ1) is 9.22. The van der Waals surface area contributed by atoms with Crippen molar-refractivity contribution >= 4 is 29.0 Å². The first kappa shape index (κ1) is 13.8. The number of thioether (sulfide) groups is 1. The van der Waals surface area contributed by atoms with Gasteiger partial charge >= 0.3 is 0 Å². The molecule has 0 saturated carbocycles. The van der Waals surface area contributed by atoms with Crippen LogP contribution in [0.5, 0.6) is 0 Å². The van der Waals surface area contributed by atoms with Gasteiger partial charge < -0.3 is 4.74 Å². The lowest BCUT2D eigenvalue weighted by molar-refractivity contribution is -0.122. The summed E-state index contributed by atoms with van der Waals surface area (Å²) in [6.45, 7) is 0.949. The summed E-state index contributed by atoms with van der Waals surface area (Å²) < 4.78 is 4.92. The molecule has 19 heavy (non-hydrogen) atoms. The lowest BCUT2D eigenvalue weighted by Gasteiger charge is -2.11. The molecule has 0 unspecified atom stereocenters. The molecule has 1 aromatic rings. The van der Waals surface area contributed by atoms with Crippen LogP contribution in [-0.4, -0.2) is 36.3 Å². The molecule has 0 spiro atoms. The van der Waals surface area contributed by atoms with Crippen LogP contribution in [0.3, 0.4) is 0 Å². The first-order valence-corrected chi connectivity index (χ1v) is 6.83. The number of benzene rings is 1. The smallest absolute Gasteiger partial charge is 0.293 e. The van der Waals surface area contributed by atoms with Gasteiger partial charge in [-0.1, -0.05) is 30.3 Å². The van der Waals surface area contributed by atoms with Gasteiger partial charge in [0.25, 0.3) is 11.1 Å². The minimum atomic E-state index is -0.213. The van der Waals surface area contributed by atoms with Gasteiger partial charge in [-0.05, 0) is 29.8 Å². The zero-order valence-electron chi connectivity index (χ0n) is 10.7. The van der Waals surface area contributed by atoms with Crippen LogP contribution in [0.15, 0.2) is 35.2 Å². The predicted octanol–water partition coefficient (Wildman–Crippen LogP) is 2.76. The number of rotatable bonds is 5. The molecule has 1 saturated heterocycles. The monoisotopic (exact) mass is 277 g/mol. The Hall–Kier alpha value is -1.59. The van der Waals surface area contributed by atoms with Gasteiger partial charge in [-0.2, -0.15) is 0 Å². The van der Waals surface area contributed by atoms with Crippen LogP contribution in [0.1, 0.15) is 12.0 Å². The van der Waals surface area contributed by atoms with Crippen LogP contribution < -0.4 is 0 Å². The van der Waals surface area contributed by atoms with Crippen LogP contribution >= 0.6 is 11.8 Å². The number of ether oxygens (including phenoxy) is 1. The largest absolute Gasteiger partial charge is 0.385 e. The fourth-order valence-corrected chi connectivity index (χ4v) is 2.63. The van der Waals surface area contributed by atoms with Gasteiger partial charge in [-0.25, -0.2) is 0 Å². The number of imide groups is 1. The molecule has 1 aliphatic heterocycles. The molecule has 4 nitrogen and oxygen atoms in total. The minimum Gasteiger partial charge on any atom is -0.385 e. The summed E-state index contributed by atoms with van der Waals surface area (Å²) in [7, 11) is 1.60. The Kier molecular flexibility index (Phi) is 4.76. The van der Waals surface area contributed by atoms with E-state index in [1.54, 1.807) is 13.2 Å². The van der Waals surface area contributed by atoms with E-state index in [-0.39, 0.29) is 11.1 Å². The molecule has 1 aromatic carbocycles. The van der Waals surface area contributed by atoms with Crippen molar-refractivity contribution in [2.45, 2.75) is 6.42 Å². The number of hydrogen-bond donors (Lipinski definition) is 0. The van der Waals surface area contributed by atoms with Crippen LogP contribution in [-0.2, 0) is 9.53 Å². The second-order valence-electron chi connectivity index (χ2n) is 4.09. The summed E-state index contributed by atoms with van der Waals surface area (Å²) in [6, 6.07) is 9.51. The van der Waals surface area contributed by atoms with Crippen molar-refractivity contribution in [1.82, 2.24) is 4.90 Å². The summed E-state index contributed by atoms with van der Waals surface area (Å²) in [6.07, 6.45) is 2.41. The van der Waals surface area contributed by atoms with Crippen LogP contribution in [0, 0.1) is 0 Å². The number of hydrogen-bond acceptors (Lipinski definition) is 4. The zero-order chi connectivity index (χ0) is 13.7. The van der Waals surface area contributed by atoms with Crippen LogP contribution in [0.2, 0.25) is 0 Å². The fraction of sp³-hybridized carbons (Fsp3) is 0.286. The van der Waals surface area contributed by atoms with E-state index < -0.39 is 0 Å². The summed E-state index contributed by atoms with van der Waals surface area (Å²) in [5.74, 6) is -0.213. The normalized spacial score (nSPS) is 17.5. The van der Waals surface area contributed by atoms with Gasteiger partial charge in [0.15, 0.2) is 0 Å². The average molecular weight is 277 g/mol. The molecule has 1 heterocycles. The summed E-state index contributed by atoms with van der Waals surface area (Å²) >= 11 is 0.992. The minimum absolute atomic E-state index is 0.205. The van der Waals surface area contributed by atoms with Crippen molar-refractivity contribution in [2.24, 2.45) is 0 Å². The zero-order valence-corrected chi connectivity index (χ0v) is 11.5. The van der Waals surface area contributed by atoms with E-state index in [0.717, 1.165) is 17.3 Å². The van der Waals surface area contributed by atoms with Crippen LogP contribution in [0.25, 0.3) is 6.08 Å². The van der Waals surface area contributed by atoms with E-state index in [4.69, 9.17) is 4.74 Å². The van der Waals surface area contributed by atoms with Crippen molar-refractivity contribution in [2.75, 3.05) is 20.3 Å². The molecule has 100 valence electrons.